The summed E-state index contributed by atoms with van der Waals surface area (Å²) in [6.45, 7) is 1.86. The van der Waals surface area contributed by atoms with Gasteiger partial charge in [-0.05, 0) is 19.1 Å². The number of pyridine rings is 1. The summed E-state index contributed by atoms with van der Waals surface area (Å²) in [5.74, 6) is 0.181. The molecule has 0 fully saturated rings. The second-order valence-corrected chi connectivity index (χ2v) is 4.79. The molecule has 2 aromatic rings. The molecule has 1 heterocycles. The second kappa shape index (κ2) is 5.89. The summed E-state index contributed by atoms with van der Waals surface area (Å²) in [6, 6.07) is 9.87. The average Bonchev–Trinajstić information content (AvgIpc) is 2.46. The number of benzene rings is 1. The first-order chi connectivity index (χ1) is 9.56. The Morgan fingerprint density at radius 2 is 2.05 bits per heavy atom. The molecule has 20 heavy (non-hydrogen) atoms. The number of anilines is 1. The Balaban J connectivity index is 2.40. The SMILES string of the molecule is CC(c1ccccc1F)N(C)c1nccc(C#N)c1Cl. The lowest BCUT2D eigenvalue weighted by atomic mass is 10.1. The summed E-state index contributed by atoms with van der Waals surface area (Å²) < 4.78 is 13.8. The average molecular weight is 290 g/mol. The predicted octanol–water partition coefficient (Wildman–Crippen LogP) is 3.94. The van der Waals surface area contributed by atoms with Crippen LogP contribution in [0.15, 0.2) is 36.5 Å². The number of nitriles is 1. The Labute approximate surface area is 122 Å². The minimum Gasteiger partial charge on any atom is -0.352 e. The molecular formula is C15H13ClFN3. The van der Waals surface area contributed by atoms with Crippen molar-refractivity contribution in [1.29, 1.82) is 5.26 Å². The maximum atomic E-state index is 13.8. The van der Waals surface area contributed by atoms with Gasteiger partial charge in [-0.2, -0.15) is 5.26 Å². The van der Waals surface area contributed by atoms with Gasteiger partial charge in [-0.3, -0.25) is 0 Å². The number of hydrogen-bond acceptors (Lipinski definition) is 3. The van der Waals surface area contributed by atoms with Gasteiger partial charge in [0.2, 0.25) is 0 Å². The third kappa shape index (κ3) is 2.59. The first-order valence-corrected chi connectivity index (χ1v) is 6.46. The number of nitrogens with zero attached hydrogens (tertiary/aromatic N) is 3. The van der Waals surface area contributed by atoms with Crippen LogP contribution in [0.3, 0.4) is 0 Å². The Morgan fingerprint density at radius 3 is 2.70 bits per heavy atom. The minimum absolute atomic E-state index is 0.254. The molecule has 1 unspecified atom stereocenters. The number of hydrogen-bond donors (Lipinski definition) is 0. The largest absolute Gasteiger partial charge is 0.352 e. The Bertz CT molecular complexity index is 666. The molecule has 2 rings (SSSR count). The van der Waals surface area contributed by atoms with Crippen LogP contribution >= 0.6 is 11.6 Å². The summed E-state index contributed by atoms with van der Waals surface area (Å²) in [7, 11) is 1.77. The second-order valence-electron chi connectivity index (χ2n) is 4.42. The van der Waals surface area contributed by atoms with Gasteiger partial charge in [-0.15, -0.1) is 0 Å². The molecule has 0 N–H and O–H groups in total. The number of rotatable bonds is 3. The summed E-state index contributed by atoms with van der Waals surface area (Å²) in [5, 5.41) is 9.26. The van der Waals surface area contributed by atoms with E-state index in [1.807, 2.05) is 13.0 Å². The number of aromatic nitrogens is 1. The topological polar surface area (TPSA) is 39.9 Å². The molecule has 0 amide bonds. The van der Waals surface area contributed by atoms with Gasteiger partial charge in [0.1, 0.15) is 22.7 Å². The fourth-order valence-electron chi connectivity index (χ4n) is 1.97. The number of halogens is 2. The molecule has 5 heteroatoms. The van der Waals surface area contributed by atoms with E-state index in [4.69, 9.17) is 16.9 Å². The highest BCUT2D eigenvalue weighted by Gasteiger charge is 2.19. The molecule has 0 radical (unpaired) electrons. The first kappa shape index (κ1) is 14.3. The van der Waals surface area contributed by atoms with Crippen molar-refractivity contribution < 1.29 is 4.39 Å². The van der Waals surface area contributed by atoms with Crippen molar-refractivity contribution in [2.75, 3.05) is 11.9 Å². The molecule has 0 aliphatic carbocycles. The molecule has 0 saturated heterocycles. The van der Waals surface area contributed by atoms with Crippen LogP contribution in [0.25, 0.3) is 0 Å². The van der Waals surface area contributed by atoms with Crippen LogP contribution in [0.2, 0.25) is 5.02 Å². The molecule has 1 atom stereocenters. The Kier molecular flexibility index (Phi) is 4.21. The van der Waals surface area contributed by atoms with Crippen LogP contribution in [0.5, 0.6) is 0 Å². The smallest absolute Gasteiger partial charge is 0.148 e. The molecule has 0 aliphatic heterocycles. The summed E-state index contributed by atoms with van der Waals surface area (Å²) in [5.41, 5.74) is 0.902. The standard InChI is InChI=1S/C15H13ClFN3/c1-10(12-5-3-4-6-13(12)17)20(2)15-14(16)11(9-18)7-8-19-15/h3-8,10H,1-2H3. The van der Waals surface area contributed by atoms with Crippen LogP contribution in [0.1, 0.15) is 24.1 Å². The highest BCUT2D eigenvalue weighted by atomic mass is 35.5. The lowest BCUT2D eigenvalue weighted by Gasteiger charge is -2.27. The van der Waals surface area contributed by atoms with Crippen molar-refractivity contribution in [3.8, 4) is 6.07 Å². The van der Waals surface area contributed by atoms with Crippen LogP contribution in [0.4, 0.5) is 10.2 Å². The van der Waals surface area contributed by atoms with E-state index in [1.54, 1.807) is 36.2 Å². The third-order valence-corrected chi connectivity index (χ3v) is 3.63. The zero-order valence-electron chi connectivity index (χ0n) is 11.1. The lowest BCUT2D eigenvalue weighted by Crippen LogP contribution is -2.24. The van der Waals surface area contributed by atoms with E-state index in [-0.39, 0.29) is 16.9 Å². The molecule has 102 valence electrons. The molecular weight excluding hydrogens is 277 g/mol. The van der Waals surface area contributed by atoms with Crippen LogP contribution in [0, 0.1) is 17.1 Å². The van der Waals surface area contributed by atoms with Gasteiger partial charge < -0.3 is 4.90 Å². The van der Waals surface area contributed by atoms with Gasteiger partial charge in [-0.25, -0.2) is 9.37 Å². The van der Waals surface area contributed by atoms with Crippen molar-refractivity contribution in [2.45, 2.75) is 13.0 Å². The summed E-state index contributed by atoms with van der Waals surface area (Å²) in [4.78, 5) is 5.94. The van der Waals surface area contributed by atoms with Gasteiger partial charge >= 0.3 is 0 Å². The minimum atomic E-state index is -0.278. The third-order valence-electron chi connectivity index (χ3n) is 3.26. The molecule has 3 nitrogen and oxygen atoms in total. The van der Waals surface area contributed by atoms with Crippen LogP contribution in [-0.4, -0.2) is 12.0 Å². The molecule has 1 aromatic carbocycles. The normalized spacial score (nSPS) is 11.8. The van der Waals surface area contributed by atoms with E-state index < -0.39 is 0 Å². The van der Waals surface area contributed by atoms with Crippen molar-refractivity contribution in [3.05, 3.63) is 58.5 Å². The van der Waals surface area contributed by atoms with Gasteiger partial charge in [0.25, 0.3) is 0 Å². The predicted molar refractivity (Wildman–Crippen MR) is 77.2 cm³/mol. The van der Waals surface area contributed by atoms with Crippen molar-refractivity contribution >= 4 is 17.4 Å². The molecule has 1 aromatic heterocycles. The van der Waals surface area contributed by atoms with E-state index in [0.29, 0.717) is 16.9 Å². The van der Waals surface area contributed by atoms with Gasteiger partial charge in [0, 0.05) is 18.8 Å². The fraction of sp³-hybridized carbons (Fsp3) is 0.200. The summed E-state index contributed by atoms with van der Waals surface area (Å²) >= 11 is 6.15. The molecule has 0 aliphatic rings. The zero-order valence-corrected chi connectivity index (χ0v) is 11.9. The Hall–Kier alpha value is -2.12. The quantitative estimate of drug-likeness (QED) is 0.859. The lowest BCUT2D eigenvalue weighted by molar-refractivity contribution is 0.584. The van der Waals surface area contributed by atoms with Crippen molar-refractivity contribution in [3.63, 3.8) is 0 Å². The highest BCUT2D eigenvalue weighted by molar-refractivity contribution is 6.34. The first-order valence-electron chi connectivity index (χ1n) is 6.08. The van der Waals surface area contributed by atoms with Crippen molar-refractivity contribution in [2.24, 2.45) is 0 Å². The summed E-state index contributed by atoms with van der Waals surface area (Å²) in [6.07, 6.45) is 1.52. The van der Waals surface area contributed by atoms with Gasteiger partial charge in [0.05, 0.1) is 11.6 Å². The van der Waals surface area contributed by atoms with Crippen LogP contribution in [-0.2, 0) is 0 Å². The molecule has 0 bridgehead atoms. The van der Waals surface area contributed by atoms with Gasteiger partial charge in [-0.1, -0.05) is 29.8 Å². The van der Waals surface area contributed by atoms with Gasteiger partial charge in [0.15, 0.2) is 0 Å². The fourth-order valence-corrected chi connectivity index (χ4v) is 2.26. The maximum Gasteiger partial charge on any atom is 0.148 e. The Morgan fingerprint density at radius 1 is 1.35 bits per heavy atom. The van der Waals surface area contributed by atoms with E-state index in [0.717, 1.165) is 0 Å². The van der Waals surface area contributed by atoms with E-state index in [2.05, 4.69) is 4.98 Å². The zero-order chi connectivity index (χ0) is 14.7. The van der Waals surface area contributed by atoms with E-state index >= 15 is 0 Å². The maximum absolute atomic E-state index is 13.8. The van der Waals surface area contributed by atoms with E-state index in [9.17, 15) is 4.39 Å². The highest BCUT2D eigenvalue weighted by Crippen LogP contribution is 2.31. The monoisotopic (exact) mass is 289 g/mol. The van der Waals surface area contributed by atoms with Crippen LogP contribution < -0.4 is 4.90 Å². The van der Waals surface area contributed by atoms with Crippen molar-refractivity contribution in [1.82, 2.24) is 4.98 Å². The molecule has 0 saturated carbocycles. The van der Waals surface area contributed by atoms with E-state index in [1.165, 1.54) is 12.3 Å². The molecule has 0 spiro atoms.